The Hall–Kier alpha value is -2.98. The van der Waals surface area contributed by atoms with Crippen molar-refractivity contribution in [1.29, 1.82) is 0 Å². The largest absolute Gasteiger partial charge is 0.351 e. The summed E-state index contributed by atoms with van der Waals surface area (Å²) in [5.74, 6) is -0.0959. The maximum Gasteiger partial charge on any atom is 0.269 e. The van der Waals surface area contributed by atoms with Crippen molar-refractivity contribution in [2.24, 2.45) is 0 Å². The molecular formula is C26H29N3O. The zero-order valence-corrected chi connectivity index (χ0v) is 17.3. The molecule has 0 saturated carbocycles. The number of nitrogens with one attached hydrogen (secondary N) is 1. The molecule has 0 atom stereocenters. The first-order valence-electron chi connectivity index (χ1n) is 10.8. The second-order valence-electron chi connectivity index (χ2n) is 7.98. The molecule has 0 spiro atoms. The average molecular weight is 400 g/mol. The lowest BCUT2D eigenvalue weighted by Gasteiger charge is -2.43. The third kappa shape index (κ3) is 4.60. The van der Waals surface area contributed by atoms with Gasteiger partial charge in [0.2, 0.25) is 0 Å². The summed E-state index contributed by atoms with van der Waals surface area (Å²) in [6, 6.07) is 27.3. The molecule has 1 saturated heterocycles. The predicted octanol–water partition coefficient (Wildman–Crippen LogP) is 4.28. The molecule has 4 nitrogen and oxygen atoms in total. The van der Waals surface area contributed by atoms with Crippen LogP contribution in [0.25, 0.3) is 0 Å². The number of nitrogens with zero attached hydrogens (tertiary/aromatic N) is 2. The molecule has 0 bridgehead atoms. The van der Waals surface area contributed by atoms with Gasteiger partial charge in [-0.15, -0.1) is 0 Å². The van der Waals surface area contributed by atoms with E-state index >= 15 is 0 Å². The third-order valence-corrected chi connectivity index (χ3v) is 6.20. The maximum absolute atomic E-state index is 12.1. The van der Waals surface area contributed by atoms with Gasteiger partial charge in [-0.1, -0.05) is 66.7 Å². The first-order valence-corrected chi connectivity index (χ1v) is 10.8. The highest BCUT2D eigenvalue weighted by Gasteiger charge is 2.37. The van der Waals surface area contributed by atoms with Crippen molar-refractivity contribution in [3.05, 3.63) is 102 Å². The molecule has 0 unspecified atom stereocenters. The SMILES string of the molecule is O=C(NCCCN1CCC(c2ccccc2)(c2ccccc2)CC1)c1ccccn1. The third-order valence-electron chi connectivity index (χ3n) is 6.20. The van der Waals surface area contributed by atoms with Gasteiger partial charge in [-0.3, -0.25) is 9.78 Å². The van der Waals surface area contributed by atoms with Gasteiger partial charge in [0.15, 0.2) is 0 Å². The molecule has 2 heterocycles. The minimum absolute atomic E-state index is 0.0895. The van der Waals surface area contributed by atoms with E-state index in [1.165, 1.54) is 11.1 Å². The van der Waals surface area contributed by atoms with Crippen molar-refractivity contribution in [3.8, 4) is 0 Å². The lowest BCUT2D eigenvalue weighted by Crippen LogP contribution is -2.44. The van der Waals surface area contributed by atoms with E-state index in [1.54, 1.807) is 12.3 Å². The summed E-state index contributed by atoms with van der Waals surface area (Å²) in [5, 5.41) is 2.98. The van der Waals surface area contributed by atoms with Crippen molar-refractivity contribution in [2.45, 2.75) is 24.7 Å². The number of likely N-dealkylation sites (tertiary alicyclic amines) is 1. The van der Waals surface area contributed by atoms with Gasteiger partial charge in [0.25, 0.3) is 5.91 Å². The summed E-state index contributed by atoms with van der Waals surface area (Å²) in [7, 11) is 0. The molecule has 0 radical (unpaired) electrons. The molecular weight excluding hydrogens is 370 g/mol. The minimum atomic E-state index is -0.0959. The van der Waals surface area contributed by atoms with Crippen LogP contribution in [0.3, 0.4) is 0 Å². The number of piperidine rings is 1. The molecule has 1 aliphatic heterocycles. The molecule has 4 heteroatoms. The van der Waals surface area contributed by atoms with E-state index < -0.39 is 0 Å². The van der Waals surface area contributed by atoms with Crippen LogP contribution in [0.5, 0.6) is 0 Å². The summed E-state index contributed by atoms with van der Waals surface area (Å²) in [4.78, 5) is 18.7. The Labute approximate surface area is 179 Å². The zero-order chi connectivity index (χ0) is 20.7. The lowest BCUT2D eigenvalue weighted by molar-refractivity contribution is 0.0945. The highest BCUT2D eigenvalue weighted by Crippen LogP contribution is 2.41. The Bertz CT molecular complexity index is 879. The summed E-state index contributed by atoms with van der Waals surface area (Å²) in [5.41, 5.74) is 3.40. The monoisotopic (exact) mass is 399 g/mol. The summed E-state index contributed by atoms with van der Waals surface area (Å²) >= 11 is 0. The topological polar surface area (TPSA) is 45.2 Å². The van der Waals surface area contributed by atoms with Crippen molar-refractivity contribution in [1.82, 2.24) is 15.2 Å². The minimum Gasteiger partial charge on any atom is -0.351 e. The zero-order valence-electron chi connectivity index (χ0n) is 17.3. The van der Waals surface area contributed by atoms with Crippen LogP contribution in [0, 0.1) is 0 Å². The van der Waals surface area contributed by atoms with Gasteiger partial charge in [-0.25, -0.2) is 0 Å². The Morgan fingerprint density at radius 1 is 0.867 bits per heavy atom. The fraction of sp³-hybridized carbons (Fsp3) is 0.308. The summed E-state index contributed by atoms with van der Waals surface area (Å²) in [6.45, 7) is 3.81. The van der Waals surface area contributed by atoms with Gasteiger partial charge >= 0.3 is 0 Å². The second-order valence-corrected chi connectivity index (χ2v) is 7.98. The molecule has 4 rings (SSSR count). The fourth-order valence-corrected chi connectivity index (χ4v) is 4.51. The normalized spacial score (nSPS) is 16.1. The predicted molar refractivity (Wildman–Crippen MR) is 121 cm³/mol. The highest BCUT2D eigenvalue weighted by atomic mass is 16.1. The van der Waals surface area contributed by atoms with Gasteiger partial charge in [0.1, 0.15) is 5.69 Å². The molecule has 30 heavy (non-hydrogen) atoms. The van der Waals surface area contributed by atoms with Crippen molar-refractivity contribution >= 4 is 5.91 Å². The van der Waals surface area contributed by atoms with Crippen LogP contribution in [0.1, 0.15) is 40.9 Å². The molecule has 2 aromatic carbocycles. The standard InChI is InChI=1S/C26H29N3O/c30-25(24-14-7-8-17-27-24)28-18-9-19-29-20-15-26(16-21-29,22-10-3-1-4-11-22)23-12-5-2-6-13-23/h1-8,10-14,17H,9,15-16,18-21H2,(H,28,30). The van der Waals surface area contributed by atoms with Crippen LogP contribution in [0.15, 0.2) is 85.1 Å². The molecule has 1 aliphatic rings. The number of hydrogen-bond donors (Lipinski definition) is 1. The first kappa shape index (κ1) is 20.3. The first-order chi connectivity index (χ1) is 14.8. The van der Waals surface area contributed by atoms with E-state index in [0.717, 1.165) is 38.9 Å². The number of pyridine rings is 1. The Morgan fingerprint density at radius 2 is 1.47 bits per heavy atom. The van der Waals surface area contributed by atoms with E-state index in [1.807, 2.05) is 12.1 Å². The molecule has 1 N–H and O–H groups in total. The molecule has 1 fully saturated rings. The van der Waals surface area contributed by atoms with Crippen LogP contribution in [-0.2, 0) is 5.41 Å². The van der Waals surface area contributed by atoms with E-state index in [9.17, 15) is 4.79 Å². The summed E-state index contributed by atoms with van der Waals surface area (Å²) in [6.07, 6.45) is 4.82. The Balaban J connectivity index is 1.32. The number of carbonyl (C=O) groups excluding carboxylic acids is 1. The van der Waals surface area contributed by atoms with E-state index in [4.69, 9.17) is 0 Å². The van der Waals surface area contributed by atoms with Crippen molar-refractivity contribution in [3.63, 3.8) is 0 Å². The van der Waals surface area contributed by atoms with Crippen LogP contribution >= 0.6 is 0 Å². The molecule has 0 aliphatic carbocycles. The van der Waals surface area contributed by atoms with E-state index in [2.05, 4.69) is 75.9 Å². The van der Waals surface area contributed by atoms with Crippen molar-refractivity contribution in [2.75, 3.05) is 26.2 Å². The molecule has 154 valence electrons. The molecule has 1 aromatic heterocycles. The van der Waals surface area contributed by atoms with Gasteiger partial charge in [-0.05, 0) is 62.2 Å². The number of hydrogen-bond acceptors (Lipinski definition) is 3. The number of aromatic nitrogens is 1. The number of carbonyl (C=O) groups is 1. The van der Waals surface area contributed by atoms with E-state index in [-0.39, 0.29) is 11.3 Å². The van der Waals surface area contributed by atoms with Gasteiger partial charge < -0.3 is 10.2 Å². The summed E-state index contributed by atoms with van der Waals surface area (Å²) < 4.78 is 0. The van der Waals surface area contributed by atoms with Gasteiger partial charge in [0, 0.05) is 18.2 Å². The van der Waals surface area contributed by atoms with Crippen molar-refractivity contribution < 1.29 is 4.79 Å². The fourth-order valence-electron chi connectivity index (χ4n) is 4.51. The smallest absolute Gasteiger partial charge is 0.269 e. The Kier molecular flexibility index (Phi) is 6.55. The Morgan fingerprint density at radius 3 is 2.03 bits per heavy atom. The molecule has 3 aromatic rings. The van der Waals surface area contributed by atoms with E-state index in [0.29, 0.717) is 12.2 Å². The number of benzene rings is 2. The quantitative estimate of drug-likeness (QED) is 0.603. The highest BCUT2D eigenvalue weighted by molar-refractivity contribution is 5.92. The van der Waals surface area contributed by atoms with Gasteiger partial charge in [-0.2, -0.15) is 0 Å². The number of rotatable bonds is 7. The molecule has 1 amide bonds. The van der Waals surface area contributed by atoms with Crippen LogP contribution < -0.4 is 5.32 Å². The average Bonchev–Trinajstić information content (AvgIpc) is 2.84. The second kappa shape index (κ2) is 9.68. The van der Waals surface area contributed by atoms with Crippen LogP contribution in [-0.4, -0.2) is 42.0 Å². The van der Waals surface area contributed by atoms with Crippen LogP contribution in [0.2, 0.25) is 0 Å². The van der Waals surface area contributed by atoms with Gasteiger partial charge in [0.05, 0.1) is 0 Å². The number of amides is 1. The lowest BCUT2D eigenvalue weighted by atomic mass is 9.68. The maximum atomic E-state index is 12.1. The van der Waals surface area contributed by atoms with Crippen LogP contribution in [0.4, 0.5) is 0 Å².